The van der Waals surface area contributed by atoms with Gasteiger partial charge >= 0.3 is 0 Å². The fourth-order valence-corrected chi connectivity index (χ4v) is 2.26. The smallest absolute Gasteiger partial charge is 0.255 e. The van der Waals surface area contributed by atoms with Gasteiger partial charge in [-0.25, -0.2) is 0 Å². The van der Waals surface area contributed by atoms with Crippen molar-refractivity contribution in [2.75, 3.05) is 5.32 Å². The number of rotatable bonds is 6. The highest BCUT2D eigenvalue weighted by molar-refractivity contribution is 7.80. The van der Waals surface area contributed by atoms with E-state index in [1.165, 1.54) is 18.4 Å². The predicted octanol–water partition coefficient (Wildman–Crippen LogP) is 3.92. The maximum Gasteiger partial charge on any atom is 0.255 e. The maximum atomic E-state index is 12.2. The van der Waals surface area contributed by atoms with Gasteiger partial charge in [0.15, 0.2) is 0 Å². The van der Waals surface area contributed by atoms with Crippen molar-refractivity contribution in [2.45, 2.75) is 26.2 Å². The Balaban J connectivity index is 2.00. The summed E-state index contributed by atoms with van der Waals surface area (Å²) in [5, 5.41) is 2.89. The minimum Gasteiger partial charge on any atom is -0.389 e. The number of benzene rings is 2. The molecule has 114 valence electrons. The summed E-state index contributed by atoms with van der Waals surface area (Å²) in [6.07, 6.45) is 3.44. The van der Waals surface area contributed by atoms with Gasteiger partial charge in [0.05, 0.1) is 0 Å². The molecule has 0 bridgehead atoms. The van der Waals surface area contributed by atoms with Crippen molar-refractivity contribution >= 4 is 28.8 Å². The Morgan fingerprint density at radius 1 is 1.05 bits per heavy atom. The van der Waals surface area contributed by atoms with Crippen molar-refractivity contribution in [2.24, 2.45) is 5.73 Å². The highest BCUT2D eigenvalue weighted by Crippen LogP contribution is 2.13. The van der Waals surface area contributed by atoms with Gasteiger partial charge in [0.1, 0.15) is 4.99 Å². The number of carbonyl (C=O) groups is 1. The maximum absolute atomic E-state index is 12.2. The van der Waals surface area contributed by atoms with Crippen LogP contribution in [0.25, 0.3) is 0 Å². The molecule has 22 heavy (non-hydrogen) atoms. The molecule has 1 amide bonds. The Morgan fingerprint density at radius 3 is 2.18 bits per heavy atom. The van der Waals surface area contributed by atoms with Crippen LogP contribution in [0, 0.1) is 0 Å². The third-order valence-corrected chi connectivity index (χ3v) is 3.70. The molecule has 0 fully saturated rings. The number of aryl methyl sites for hydroxylation is 1. The summed E-state index contributed by atoms with van der Waals surface area (Å²) in [7, 11) is 0. The second kappa shape index (κ2) is 7.71. The quantitative estimate of drug-likeness (QED) is 0.795. The topological polar surface area (TPSA) is 55.1 Å². The van der Waals surface area contributed by atoms with E-state index in [1.807, 2.05) is 12.1 Å². The van der Waals surface area contributed by atoms with E-state index < -0.39 is 0 Å². The van der Waals surface area contributed by atoms with Crippen LogP contribution in [0.5, 0.6) is 0 Å². The van der Waals surface area contributed by atoms with Crippen molar-refractivity contribution in [1.29, 1.82) is 0 Å². The molecule has 3 N–H and O–H groups in total. The van der Waals surface area contributed by atoms with E-state index in [9.17, 15) is 4.79 Å². The summed E-state index contributed by atoms with van der Waals surface area (Å²) in [5.41, 5.74) is 8.97. The number of hydrogen-bond donors (Lipinski definition) is 2. The van der Waals surface area contributed by atoms with Crippen LogP contribution in [-0.2, 0) is 6.42 Å². The monoisotopic (exact) mass is 312 g/mol. The number of carbonyl (C=O) groups excluding carboxylic acids is 1. The van der Waals surface area contributed by atoms with Crippen LogP contribution >= 0.6 is 12.2 Å². The highest BCUT2D eigenvalue weighted by atomic mass is 32.1. The average molecular weight is 312 g/mol. The first-order valence-corrected chi connectivity index (χ1v) is 7.81. The summed E-state index contributed by atoms with van der Waals surface area (Å²) in [6, 6.07) is 14.9. The molecule has 0 saturated carbocycles. The Labute approximate surface area is 136 Å². The number of nitrogens with two attached hydrogens (primary N) is 1. The van der Waals surface area contributed by atoms with Crippen LogP contribution in [0.4, 0.5) is 5.69 Å². The van der Waals surface area contributed by atoms with E-state index in [4.69, 9.17) is 18.0 Å². The highest BCUT2D eigenvalue weighted by Gasteiger charge is 2.06. The number of thiocarbonyl (C=S) groups is 1. The average Bonchev–Trinajstić information content (AvgIpc) is 2.54. The molecule has 2 aromatic carbocycles. The molecule has 0 aromatic heterocycles. The van der Waals surface area contributed by atoms with Gasteiger partial charge in [0.2, 0.25) is 0 Å². The molecular weight excluding hydrogens is 292 g/mol. The minimum atomic E-state index is -0.143. The van der Waals surface area contributed by atoms with E-state index in [0.717, 1.165) is 17.7 Å². The molecule has 3 nitrogen and oxygen atoms in total. The number of anilines is 1. The lowest BCUT2D eigenvalue weighted by Crippen LogP contribution is -2.13. The number of nitrogens with one attached hydrogen (secondary N) is 1. The van der Waals surface area contributed by atoms with E-state index in [1.54, 1.807) is 24.3 Å². The summed E-state index contributed by atoms with van der Waals surface area (Å²) in [4.78, 5) is 12.5. The van der Waals surface area contributed by atoms with E-state index in [2.05, 4.69) is 24.4 Å². The Hall–Kier alpha value is -2.20. The molecule has 0 unspecified atom stereocenters. The van der Waals surface area contributed by atoms with Crippen molar-refractivity contribution < 1.29 is 4.79 Å². The van der Waals surface area contributed by atoms with E-state index >= 15 is 0 Å². The zero-order chi connectivity index (χ0) is 15.9. The van der Waals surface area contributed by atoms with Gasteiger partial charge in [-0.2, -0.15) is 0 Å². The van der Waals surface area contributed by atoms with Crippen LogP contribution in [0.1, 0.15) is 41.3 Å². The van der Waals surface area contributed by atoms with Gasteiger partial charge in [0, 0.05) is 16.8 Å². The lowest BCUT2D eigenvalue weighted by Gasteiger charge is -2.07. The predicted molar refractivity (Wildman–Crippen MR) is 95.3 cm³/mol. The third-order valence-electron chi connectivity index (χ3n) is 3.46. The summed E-state index contributed by atoms with van der Waals surface area (Å²) in [5.74, 6) is -0.143. The first kappa shape index (κ1) is 16.2. The van der Waals surface area contributed by atoms with Gasteiger partial charge < -0.3 is 11.1 Å². The first-order chi connectivity index (χ1) is 10.6. The largest absolute Gasteiger partial charge is 0.389 e. The molecule has 0 heterocycles. The van der Waals surface area contributed by atoms with Crippen LogP contribution in [0.15, 0.2) is 48.5 Å². The fraction of sp³-hybridized carbons (Fsp3) is 0.222. The normalized spacial score (nSPS) is 10.2. The molecule has 2 rings (SSSR count). The summed E-state index contributed by atoms with van der Waals surface area (Å²) in [6.45, 7) is 2.18. The number of hydrogen-bond acceptors (Lipinski definition) is 2. The molecular formula is C18H20N2OS. The molecule has 0 saturated heterocycles. The van der Waals surface area contributed by atoms with Crippen molar-refractivity contribution in [1.82, 2.24) is 0 Å². The second-order valence-electron chi connectivity index (χ2n) is 5.20. The summed E-state index contributed by atoms with van der Waals surface area (Å²) >= 11 is 4.90. The molecule has 0 aliphatic rings. The first-order valence-electron chi connectivity index (χ1n) is 7.40. The number of unbranched alkanes of at least 4 members (excludes halogenated alkanes) is 1. The molecule has 4 heteroatoms. The molecule has 0 aliphatic heterocycles. The van der Waals surface area contributed by atoms with Crippen molar-refractivity contribution in [3.05, 3.63) is 65.2 Å². The zero-order valence-electron chi connectivity index (χ0n) is 12.6. The lowest BCUT2D eigenvalue weighted by atomic mass is 10.1. The van der Waals surface area contributed by atoms with Gasteiger partial charge in [-0.1, -0.05) is 49.8 Å². The SMILES string of the molecule is CCCCc1ccc(NC(=O)c2ccc(C(N)=S)cc2)cc1. The second-order valence-corrected chi connectivity index (χ2v) is 5.64. The van der Waals surface area contributed by atoms with Gasteiger partial charge in [0.25, 0.3) is 5.91 Å². The molecule has 0 atom stereocenters. The number of amides is 1. The molecule has 0 radical (unpaired) electrons. The van der Waals surface area contributed by atoms with Crippen molar-refractivity contribution in [3.63, 3.8) is 0 Å². The van der Waals surface area contributed by atoms with Crippen LogP contribution < -0.4 is 11.1 Å². The standard InChI is InChI=1S/C18H20N2OS/c1-2-3-4-13-5-11-16(12-6-13)20-18(21)15-9-7-14(8-10-15)17(19)22/h5-12H,2-4H2,1H3,(H2,19,22)(H,20,21). The summed E-state index contributed by atoms with van der Waals surface area (Å²) < 4.78 is 0. The van der Waals surface area contributed by atoms with E-state index in [-0.39, 0.29) is 5.91 Å². The van der Waals surface area contributed by atoms with Crippen LogP contribution in [0.3, 0.4) is 0 Å². The van der Waals surface area contributed by atoms with E-state index in [0.29, 0.717) is 10.6 Å². The third kappa shape index (κ3) is 4.40. The Kier molecular flexibility index (Phi) is 5.67. The molecule has 2 aromatic rings. The van der Waals surface area contributed by atoms with Gasteiger partial charge in [-0.05, 0) is 42.7 Å². The minimum absolute atomic E-state index is 0.143. The fourth-order valence-electron chi connectivity index (χ4n) is 2.12. The lowest BCUT2D eigenvalue weighted by molar-refractivity contribution is 0.102. The molecule has 0 aliphatic carbocycles. The Bertz CT molecular complexity index is 648. The molecule has 0 spiro atoms. The van der Waals surface area contributed by atoms with Crippen LogP contribution in [-0.4, -0.2) is 10.9 Å². The van der Waals surface area contributed by atoms with Gasteiger partial charge in [-0.3, -0.25) is 4.79 Å². The van der Waals surface area contributed by atoms with Crippen molar-refractivity contribution in [3.8, 4) is 0 Å². The van der Waals surface area contributed by atoms with Crippen LogP contribution in [0.2, 0.25) is 0 Å². The van der Waals surface area contributed by atoms with Gasteiger partial charge in [-0.15, -0.1) is 0 Å². The Morgan fingerprint density at radius 2 is 1.64 bits per heavy atom. The zero-order valence-corrected chi connectivity index (χ0v) is 13.5.